The van der Waals surface area contributed by atoms with Gasteiger partial charge in [0.25, 0.3) is 0 Å². The monoisotopic (exact) mass is 244 g/mol. The highest BCUT2D eigenvalue weighted by atomic mass is 35.5. The third-order valence-electron chi connectivity index (χ3n) is 2.19. The molecule has 1 atom stereocenters. The van der Waals surface area contributed by atoms with Crippen LogP contribution < -0.4 is 5.32 Å². The van der Waals surface area contributed by atoms with Gasteiger partial charge in [-0.2, -0.15) is 0 Å². The molecular weight excluding hydrogens is 228 g/mol. The molecule has 1 unspecified atom stereocenters. The van der Waals surface area contributed by atoms with E-state index in [4.69, 9.17) is 16.3 Å². The molecule has 4 nitrogen and oxygen atoms in total. The van der Waals surface area contributed by atoms with Crippen molar-refractivity contribution in [1.29, 1.82) is 0 Å². The van der Waals surface area contributed by atoms with E-state index in [0.29, 0.717) is 24.6 Å². The van der Waals surface area contributed by atoms with Crippen molar-refractivity contribution >= 4 is 11.6 Å². The van der Waals surface area contributed by atoms with Gasteiger partial charge in [-0.05, 0) is 24.6 Å². The third kappa shape index (κ3) is 4.90. The Morgan fingerprint density at radius 2 is 2.44 bits per heavy atom. The molecule has 0 aliphatic heterocycles. The van der Waals surface area contributed by atoms with Crippen LogP contribution in [0.25, 0.3) is 0 Å². The molecular formula is C11H17ClN2O2. The normalized spacial score (nSPS) is 12.7. The fourth-order valence-electron chi connectivity index (χ4n) is 1.31. The van der Waals surface area contributed by atoms with Gasteiger partial charge in [0, 0.05) is 26.0 Å². The summed E-state index contributed by atoms with van der Waals surface area (Å²) >= 11 is 5.94. The first kappa shape index (κ1) is 13.4. The Bertz CT molecular complexity index is 310. The zero-order chi connectivity index (χ0) is 11.8. The molecule has 1 rings (SSSR count). The van der Waals surface area contributed by atoms with E-state index in [9.17, 15) is 5.11 Å². The van der Waals surface area contributed by atoms with E-state index in [-0.39, 0.29) is 0 Å². The lowest BCUT2D eigenvalue weighted by Gasteiger charge is -2.10. The van der Waals surface area contributed by atoms with Crippen molar-refractivity contribution in [3.8, 4) is 0 Å². The van der Waals surface area contributed by atoms with Crippen molar-refractivity contribution in [1.82, 2.24) is 10.3 Å². The summed E-state index contributed by atoms with van der Waals surface area (Å²) < 4.78 is 4.83. The number of nitrogens with one attached hydrogen (secondary N) is 1. The standard InChI is InChI=1S/C11H17ClN2O2/c1-16-8-10(15)3-5-13-6-9-2-4-14-7-11(9)12/h2,4,7,10,13,15H,3,5-6,8H2,1H3. The summed E-state index contributed by atoms with van der Waals surface area (Å²) in [4.78, 5) is 3.91. The first-order valence-corrected chi connectivity index (χ1v) is 5.58. The van der Waals surface area contributed by atoms with E-state index in [1.165, 1.54) is 0 Å². The van der Waals surface area contributed by atoms with Crippen molar-refractivity contribution in [3.05, 3.63) is 29.0 Å². The summed E-state index contributed by atoms with van der Waals surface area (Å²) in [5, 5.41) is 13.3. The number of halogens is 1. The van der Waals surface area contributed by atoms with Gasteiger partial charge in [0.1, 0.15) is 0 Å². The molecule has 1 aromatic heterocycles. The van der Waals surface area contributed by atoms with Gasteiger partial charge in [0.15, 0.2) is 0 Å². The number of aliphatic hydroxyl groups excluding tert-OH is 1. The van der Waals surface area contributed by atoms with Crippen LogP contribution in [0.2, 0.25) is 5.02 Å². The van der Waals surface area contributed by atoms with Gasteiger partial charge in [0.2, 0.25) is 0 Å². The minimum absolute atomic E-state index is 0.373. The van der Waals surface area contributed by atoms with Crippen molar-refractivity contribution < 1.29 is 9.84 Å². The van der Waals surface area contributed by atoms with Crippen LogP contribution in [0.5, 0.6) is 0 Å². The Kier molecular flexibility index (Phi) is 6.33. The number of aromatic nitrogens is 1. The topological polar surface area (TPSA) is 54.4 Å². The number of pyridine rings is 1. The lowest BCUT2D eigenvalue weighted by Crippen LogP contribution is -2.23. The maximum Gasteiger partial charge on any atom is 0.0785 e. The van der Waals surface area contributed by atoms with Crippen LogP contribution in [0.3, 0.4) is 0 Å². The van der Waals surface area contributed by atoms with E-state index in [0.717, 1.165) is 12.1 Å². The second-order valence-corrected chi connectivity index (χ2v) is 3.95. The highest BCUT2D eigenvalue weighted by molar-refractivity contribution is 6.31. The number of rotatable bonds is 7. The molecule has 16 heavy (non-hydrogen) atoms. The molecule has 1 aromatic rings. The van der Waals surface area contributed by atoms with Crippen LogP contribution in [-0.2, 0) is 11.3 Å². The van der Waals surface area contributed by atoms with E-state index in [2.05, 4.69) is 10.3 Å². The van der Waals surface area contributed by atoms with Crippen LogP contribution in [0, 0.1) is 0 Å². The average molecular weight is 245 g/mol. The summed E-state index contributed by atoms with van der Waals surface area (Å²) in [6.45, 7) is 1.78. The molecule has 0 bridgehead atoms. The van der Waals surface area contributed by atoms with Crippen LogP contribution in [0.4, 0.5) is 0 Å². The van der Waals surface area contributed by atoms with Crippen LogP contribution in [0.1, 0.15) is 12.0 Å². The fraction of sp³-hybridized carbons (Fsp3) is 0.545. The number of ether oxygens (including phenoxy) is 1. The van der Waals surface area contributed by atoms with Crippen LogP contribution >= 0.6 is 11.6 Å². The second-order valence-electron chi connectivity index (χ2n) is 3.54. The zero-order valence-corrected chi connectivity index (χ0v) is 10.1. The van der Waals surface area contributed by atoms with Crippen molar-refractivity contribution in [2.24, 2.45) is 0 Å². The number of aliphatic hydroxyl groups is 1. The molecule has 0 fully saturated rings. The molecule has 0 spiro atoms. The Morgan fingerprint density at radius 3 is 3.12 bits per heavy atom. The van der Waals surface area contributed by atoms with Gasteiger partial charge in [-0.25, -0.2) is 0 Å². The molecule has 0 saturated heterocycles. The number of methoxy groups -OCH3 is 1. The van der Waals surface area contributed by atoms with E-state index in [1.807, 2.05) is 6.07 Å². The first-order chi connectivity index (χ1) is 7.74. The summed E-state index contributed by atoms with van der Waals surface area (Å²) in [6, 6.07) is 1.88. The summed E-state index contributed by atoms with van der Waals surface area (Å²) in [6.07, 6.45) is 3.59. The molecule has 0 amide bonds. The molecule has 5 heteroatoms. The van der Waals surface area contributed by atoms with Gasteiger partial charge in [-0.1, -0.05) is 11.6 Å². The van der Waals surface area contributed by atoms with Crippen LogP contribution in [-0.4, -0.2) is 36.5 Å². The molecule has 2 N–H and O–H groups in total. The maximum atomic E-state index is 9.40. The Hall–Kier alpha value is -0.680. The van der Waals surface area contributed by atoms with Gasteiger partial charge in [-0.3, -0.25) is 4.98 Å². The van der Waals surface area contributed by atoms with E-state index < -0.39 is 6.10 Å². The van der Waals surface area contributed by atoms with Crippen LogP contribution in [0.15, 0.2) is 18.5 Å². The van der Waals surface area contributed by atoms with Gasteiger partial charge in [-0.15, -0.1) is 0 Å². The fourth-order valence-corrected chi connectivity index (χ4v) is 1.50. The van der Waals surface area contributed by atoms with E-state index >= 15 is 0 Å². The lowest BCUT2D eigenvalue weighted by molar-refractivity contribution is 0.0594. The summed E-state index contributed by atoms with van der Waals surface area (Å²) in [7, 11) is 1.58. The zero-order valence-electron chi connectivity index (χ0n) is 9.32. The second kappa shape index (κ2) is 7.57. The molecule has 0 aliphatic carbocycles. The number of hydrogen-bond donors (Lipinski definition) is 2. The predicted molar refractivity (Wildman–Crippen MR) is 63.5 cm³/mol. The molecule has 90 valence electrons. The van der Waals surface area contributed by atoms with Gasteiger partial charge < -0.3 is 15.2 Å². The van der Waals surface area contributed by atoms with Gasteiger partial charge in [0.05, 0.1) is 17.7 Å². The Morgan fingerprint density at radius 1 is 1.62 bits per heavy atom. The minimum atomic E-state index is -0.412. The number of nitrogens with zero attached hydrogens (tertiary/aromatic N) is 1. The number of hydrogen-bond acceptors (Lipinski definition) is 4. The largest absolute Gasteiger partial charge is 0.391 e. The molecule has 0 aromatic carbocycles. The smallest absolute Gasteiger partial charge is 0.0785 e. The first-order valence-electron chi connectivity index (χ1n) is 5.20. The quantitative estimate of drug-likeness (QED) is 0.709. The molecule has 1 heterocycles. The van der Waals surface area contributed by atoms with E-state index in [1.54, 1.807) is 19.5 Å². The predicted octanol–water partition coefficient (Wildman–Crippen LogP) is 1.22. The van der Waals surface area contributed by atoms with Crippen molar-refractivity contribution in [2.45, 2.75) is 19.1 Å². The van der Waals surface area contributed by atoms with Gasteiger partial charge >= 0.3 is 0 Å². The molecule has 0 radical (unpaired) electrons. The summed E-state index contributed by atoms with van der Waals surface area (Å²) in [5.41, 5.74) is 1.01. The minimum Gasteiger partial charge on any atom is -0.391 e. The molecule has 0 saturated carbocycles. The maximum absolute atomic E-state index is 9.40. The SMILES string of the molecule is COCC(O)CCNCc1ccncc1Cl. The third-order valence-corrected chi connectivity index (χ3v) is 2.53. The lowest BCUT2D eigenvalue weighted by atomic mass is 10.2. The Labute approximate surface area is 101 Å². The van der Waals surface area contributed by atoms with Crippen molar-refractivity contribution in [3.63, 3.8) is 0 Å². The highest BCUT2D eigenvalue weighted by Gasteiger charge is 2.03. The van der Waals surface area contributed by atoms with Crippen molar-refractivity contribution in [2.75, 3.05) is 20.3 Å². The highest BCUT2D eigenvalue weighted by Crippen LogP contribution is 2.12. The summed E-state index contributed by atoms with van der Waals surface area (Å²) in [5.74, 6) is 0. The Balaban J connectivity index is 2.19. The molecule has 0 aliphatic rings. The average Bonchev–Trinajstić information content (AvgIpc) is 2.27.